The van der Waals surface area contributed by atoms with Gasteiger partial charge in [0.2, 0.25) is 0 Å². The highest BCUT2D eigenvalue weighted by molar-refractivity contribution is 6.02. The maximum Gasteiger partial charge on any atom is 0.255 e. The van der Waals surface area contributed by atoms with Crippen LogP contribution in [0.25, 0.3) is 22.6 Å². The highest BCUT2D eigenvalue weighted by Gasteiger charge is 2.26. The Balaban J connectivity index is 0.973. The van der Waals surface area contributed by atoms with Gasteiger partial charge in [0.1, 0.15) is 23.4 Å². The molecule has 2 heterocycles. The van der Waals surface area contributed by atoms with Gasteiger partial charge in [-0.1, -0.05) is 11.2 Å². The number of nitrogens with one attached hydrogen (secondary N) is 2. The van der Waals surface area contributed by atoms with E-state index in [0.29, 0.717) is 86.7 Å². The second-order valence-corrected chi connectivity index (χ2v) is 12.8. The second kappa shape index (κ2) is 18.0. The van der Waals surface area contributed by atoms with Crippen LogP contribution in [0.15, 0.2) is 77.3 Å². The highest BCUT2D eigenvalue weighted by atomic mass is 16.5. The fourth-order valence-electron chi connectivity index (χ4n) is 6.42. The van der Waals surface area contributed by atoms with Gasteiger partial charge in [-0.2, -0.15) is 0 Å². The molecule has 1 aromatic heterocycles. The van der Waals surface area contributed by atoms with Crippen molar-refractivity contribution in [1.82, 2.24) is 10.5 Å². The molecule has 4 aromatic carbocycles. The summed E-state index contributed by atoms with van der Waals surface area (Å²) in [5.41, 5.74) is 6.07. The van der Waals surface area contributed by atoms with Crippen molar-refractivity contribution in [2.24, 2.45) is 0 Å². The number of hydrogen-bond acceptors (Lipinski definition) is 12. The first-order valence-electron chi connectivity index (χ1n) is 17.8. The molecule has 1 atom stereocenters. The van der Waals surface area contributed by atoms with Crippen molar-refractivity contribution in [3.63, 3.8) is 0 Å². The molecule has 1 amide bonds. The number of rotatable bonds is 18. The van der Waals surface area contributed by atoms with Gasteiger partial charge in [0.05, 0.1) is 59.4 Å². The molecule has 0 radical (unpaired) electrons. The van der Waals surface area contributed by atoms with Crippen LogP contribution < -0.4 is 29.6 Å². The smallest absolute Gasteiger partial charge is 0.255 e. The quantitative estimate of drug-likeness (QED) is 0.0589. The number of carbonyl (C=O) groups is 1. The molecule has 0 aliphatic carbocycles. The van der Waals surface area contributed by atoms with E-state index in [-0.39, 0.29) is 32.3 Å². The molecule has 1 aliphatic rings. The Morgan fingerprint density at radius 3 is 2.04 bits per heavy atom. The van der Waals surface area contributed by atoms with E-state index in [9.17, 15) is 25.2 Å². The lowest BCUT2D eigenvalue weighted by Gasteiger charge is -2.29. The SMILES string of the molecule is COc1ccc2c(c1)C(=O)NC(c1ccc(OCCCCCCOc3cc(-c4cc(-c5cc(CO)c(CO)c(CO)c5)no4)ccc3OC)c(CO)c1)N2. The molecule has 5 aromatic rings. The Hall–Kier alpha value is -5.60. The molecule has 0 bridgehead atoms. The molecule has 0 saturated heterocycles. The van der Waals surface area contributed by atoms with Crippen LogP contribution in [0.4, 0.5) is 5.69 Å². The fraction of sp³-hybridized carbons (Fsp3) is 0.317. The minimum Gasteiger partial charge on any atom is -0.497 e. The average molecular weight is 740 g/mol. The molecule has 13 heteroatoms. The largest absolute Gasteiger partial charge is 0.497 e. The summed E-state index contributed by atoms with van der Waals surface area (Å²) in [5, 5.41) is 49.9. The van der Waals surface area contributed by atoms with Gasteiger partial charge in [0, 0.05) is 28.4 Å². The van der Waals surface area contributed by atoms with Crippen LogP contribution in [0.1, 0.15) is 70.0 Å². The molecular formula is C41H45N3O10. The number of fused-ring (bicyclic) bond motifs is 1. The van der Waals surface area contributed by atoms with Crippen LogP contribution in [-0.2, 0) is 26.4 Å². The van der Waals surface area contributed by atoms with E-state index < -0.39 is 6.17 Å². The topological polar surface area (TPSA) is 185 Å². The van der Waals surface area contributed by atoms with Crippen molar-refractivity contribution in [2.75, 3.05) is 32.8 Å². The third kappa shape index (κ3) is 8.61. The number of aromatic nitrogens is 1. The zero-order valence-electron chi connectivity index (χ0n) is 30.3. The predicted molar refractivity (Wildman–Crippen MR) is 200 cm³/mol. The van der Waals surface area contributed by atoms with Gasteiger partial charge in [0.25, 0.3) is 5.91 Å². The van der Waals surface area contributed by atoms with E-state index in [0.717, 1.165) is 36.8 Å². The molecule has 6 rings (SSSR count). The van der Waals surface area contributed by atoms with Crippen LogP contribution in [0.3, 0.4) is 0 Å². The van der Waals surface area contributed by atoms with Crippen molar-refractivity contribution < 1.29 is 48.7 Å². The molecule has 13 nitrogen and oxygen atoms in total. The zero-order valence-corrected chi connectivity index (χ0v) is 30.3. The normalized spacial score (nSPS) is 13.5. The van der Waals surface area contributed by atoms with Crippen molar-refractivity contribution >= 4 is 11.6 Å². The minimum atomic E-state index is -0.456. The maximum absolute atomic E-state index is 12.8. The lowest BCUT2D eigenvalue weighted by atomic mass is 9.97. The van der Waals surface area contributed by atoms with Crippen molar-refractivity contribution in [3.05, 3.63) is 106 Å². The zero-order chi connectivity index (χ0) is 38.0. The van der Waals surface area contributed by atoms with Gasteiger partial charge in [0.15, 0.2) is 17.3 Å². The first-order valence-corrected chi connectivity index (χ1v) is 17.8. The first-order chi connectivity index (χ1) is 26.4. The van der Waals surface area contributed by atoms with Crippen LogP contribution in [0.5, 0.6) is 23.0 Å². The summed E-state index contributed by atoms with van der Waals surface area (Å²) in [7, 11) is 3.14. The molecule has 0 spiro atoms. The van der Waals surface area contributed by atoms with Gasteiger partial charge in [-0.25, -0.2) is 0 Å². The van der Waals surface area contributed by atoms with E-state index in [2.05, 4.69) is 15.8 Å². The monoisotopic (exact) mass is 739 g/mol. The van der Waals surface area contributed by atoms with E-state index in [1.54, 1.807) is 50.6 Å². The number of aliphatic hydroxyl groups excluding tert-OH is 4. The molecule has 1 unspecified atom stereocenters. The summed E-state index contributed by atoms with van der Waals surface area (Å²) in [5.74, 6) is 2.66. The van der Waals surface area contributed by atoms with Crippen molar-refractivity contribution in [1.29, 1.82) is 0 Å². The lowest BCUT2D eigenvalue weighted by Crippen LogP contribution is -2.38. The minimum absolute atomic E-state index is 0.201. The number of unbranched alkanes of at least 4 members (excludes halogenated alkanes) is 3. The van der Waals surface area contributed by atoms with Crippen molar-refractivity contribution in [2.45, 2.75) is 58.3 Å². The van der Waals surface area contributed by atoms with E-state index in [4.69, 9.17) is 23.5 Å². The molecular weight excluding hydrogens is 694 g/mol. The number of methoxy groups -OCH3 is 2. The lowest BCUT2D eigenvalue weighted by molar-refractivity contribution is 0.0935. The fourth-order valence-corrected chi connectivity index (χ4v) is 6.42. The predicted octanol–water partition coefficient (Wildman–Crippen LogP) is 5.87. The standard InChI is InChI=1S/C41H45N3O10/c1-50-31-9-10-34-32(19-31)41(49)43-40(42-34)26-8-11-36(30(15-26)23-47)52-13-5-3-4-6-14-53-39-18-25(7-12-37(39)51-2)38-20-35(44-54-38)27-16-28(21-45)33(24-48)29(17-27)22-46/h7-12,15-20,40,42,45-48H,3-6,13-14,21-24H2,1-2H3,(H,43,49). The van der Waals surface area contributed by atoms with Gasteiger partial charge in [-0.15, -0.1) is 0 Å². The third-order valence-corrected chi connectivity index (χ3v) is 9.38. The Morgan fingerprint density at radius 2 is 1.37 bits per heavy atom. The van der Waals surface area contributed by atoms with Gasteiger partial charge < -0.3 is 54.5 Å². The average Bonchev–Trinajstić information content (AvgIpc) is 3.71. The van der Waals surface area contributed by atoms with E-state index in [1.807, 2.05) is 36.4 Å². The number of amides is 1. The van der Waals surface area contributed by atoms with Crippen LogP contribution >= 0.6 is 0 Å². The molecule has 284 valence electrons. The summed E-state index contributed by atoms with van der Waals surface area (Å²) < 4.78 is 28.5. The number of anilines is 1. The number of benzene rings is 4. The number of nitrogens with zero attached hydrogens (tertiary/aromatic N) is 1. The summed E-state index contributed by atoms with van der Waals surface area (Å²) in [6.45, 7) is -0.0989. The third-order valence-electron chi connectivity index (χ3n) is 9.38. The molecule has 0 saturated carbocycles. The second-order valence-electron chi connectivity index (χ2n) is 12.8. The van der Waals surface area contributed by atoms with Gasteiger partial charge in [-0.05, 0) is 109 Å². The molecule has 1 aliphatic heterocycles. The summed E-state index contributed by atoms with van der Waals surface area (Å²) in [4.78, 5) is 12.8. The number of ether oxygens (including phenoxy) is 4. The van der Waals surface area contributed by atoms with Gasteiger partial charge in [-0.3, -0.25) is 4.79 Å². The number of aliphatic hydroxyl groups is 4. The van der Waals surface area contributed by atoms with E-state index in [1.165, 1.54) is 0 Å². The van der Waals surface area contributed by atoms with Crippen molar-refractivity contribution in [3.8, 4) is 45.6 Å². The molecule has 6 N–H and O–H groups in total. The summed E-state index contributed by atoms with van der Waals surface area (Å²) >= 11 is 0. The Kier molecular flexibility index (Phi) is 12.7. The first kappa shape index (κ1) is 38.1. The number of hydrogen-bond donors (Lipinski definition) is 6. The number of carbonyl (C=O) groups excluding carboxylic acids is 1. The summed E-state index contributed by atoms with van der Waals surface area (Å²) in [6.07, 6.45) is 3.02. The van der Waals surface area contributed by atoms with E-state index >= 15 is 0 Å². The molecule has 0 fully saturated rings. The van der Waals surface area contributed by atoms with Crippen LogP contribution in [0.2, 0.25) is 0 Å². The highest BCUT2D eigenvalue weighted by Crippen LogP contribution is 2.36. The molecule has 54 heavy (non-hydrogen) atoms. The van der Waals surface area contributed by atoms with Crippen LogP contribution in [-0.4, -0.2) is 58.9 Å². The van der Waals surface area contributed by atoms with Crippen LogP contribution in [0, 0.1) is 0 Å². The summed E-state index contributed by atoms with van der Waals surface area (Å²) in [6, 6.07) is 21.5. The van der Waals surface area contributed by atoms with Gasteiger partial charge >= 0.3 is 0 Å². The Morgan fingerprint density at radius 1 is 0.667 bits per heavy atom. The maximum atomic E-state index is 12.8. The Bertz CT molecular complexity index is 2040. The Labute approximate surface area is 313 Å².